The molecule has 0 heterocycles. The molecular weight excluding hydrogens is 186 g/mol. The summed E-state index contributed by atoms with van der Waals surface area (Å²) in [7, 11) is 0. The summed E-state index contributed by atoms with van der Waals surface area (Å²) in [5.41, 5.74) is 7.54. The Morgan fingerprint density at radius 3 is 2.53 bits per heavy atom. The number of nitrogens with two attached hydrogens (primary N) is 1. The molecule has 1 atom stereocenters. The van der Waals surface area contributed by atoms with Gasteiger partial charge in [-0.2, -0.15) is 0 Å². The molecule has 0 aromatic heterocycles. The third-order valence-electron chi connectivity index (χ3n) is 2.62. The molecule has 0 bridgehead atoms. The van der Waals surface area contributed by atoms with E-state index in [1.807, 2.05) is 38.1 Å². The highest BCUT2D eigenvalue weighted by Gasteiger charge is 2.11. The van der Waals surface area contributed by atoms with Crippen LogP contribution < -0.4 is 5.73 Å². The van der Waals surface area contributed by atoms with Gasteiger partial charge < -0.3 is 5.73 Å². The third kappa shape index (κ3) is 2.90. The fraction of sp³-hybridized carbons (Fsp3) is 0.462. The van der Waals surface area contributed by atoms with E-state index in [4.69, 9.17) is 5.73 Å². The number of hydrogen-bond acceptors (Lipinski definition) is 2. The van der Waals surface area contributed by atoms with Crippen LogP contribution in [0.25, 0.3) is 0 Å². The molecule has 1 aromatic rings. The second-order valence-electron chi connectivity index (χ2n) is 4.28. The molecule has 1 rings (SSSR count). The molecular formula is C13H19NO. The molecule has 0 spiro atoms. The molecule has 0 fully saturated rings. The van der Waals surface area contributed by atoms with Crippen LogP contribution in [0.1, 0.15) is 42.6 Å². The maximum absolute atomic E-state index is 11.8. The van der Waals surface area contributed by atoms with Crippen molar-refractivity contribution < 1.29 is 4.79 Å². The van der Waals surface area contributed by atoms with Gasteiger partial charge in [-0.25, -0.2) is 0 Å². The first-order chi connectivity index (χ1) is 7.06. The van der Waals surface area contributed by atoms with E-state index in [-0.39, 0.29) is 11.7 Å². The van der Waals surface area contributed by atoms with Gasteiger partial charge in [-0.15, -0.1) is 0 Å². The number of Topliss-reactive ketones (excluding diaryl/α,β-unsaturated/α-hetero) is 1. The zero-order chi connectivity index (χ0) is 11.4. The van der Waals surface area contributed by atoms with E-state index in [2.05, 4.69) is 6.92 Å². The molecule has 2 N–H and O–H groups in total. The van der Waals surface area contributed by atoms with Crippen molar-refractivity contribution in [2.24, 2.45) is 11.7 Å². The van der Waals surface area contributed by atoms with E-state index in [0.717, 1.165) is 11.1 Å². The van der Waals surface area contributed by atoms with Crippen LogP contribution >= 0.6 is 0 Å². The number of benzene rings is 1. The van der Waals surface area contributed by atoms with E-state index in [9.17, 15) is 4.79 Å². The second kappa shape index (κ2) is 5.08. The van der Waals surface area contributed by atoms with Crippen LogP contribution in [0, 0.1) is 5.92 Å². The summed E-state index contributed by atoms with van der Waals surface area (Å²) in [5.74, 6) is 0.555. The average Bonchev–Trinajstić information content (AvgIpc) is 2.27. The zero-order valence-corrected chi connectivity index (χ0v) is 9.66. The number of ketones is 1. The smallest absolute Gasteiger partial charge is 0.165 e. The lowest BCUT2D eigenvalue weighted by atomic mass is 9.95. The molecule has 0 amide bonds. The Hall–Kier alpha value is -1.15. The van der Waals surface area contributed by atoms with Gasteiger partial charge in [-0.1, -0.05) is 39.0 Å². The van der Waals surface area contributed by atoms with Crippen LogP contribution in [0.5, 0.6) is 0 Å². The summed E-state index contributed by atoms with van der Waals surface area (Å²) in [6, 6.07) is 7.78. The van der Waals surface area contributed by atoms with Crippen molar-refractivity contribution in [2.45, 2.75) is 26.7 Å². The Kier molecular flexibility index (Phi) is 4.04. The van der Waals surface area contributed by atoms with Gasteiger partial charge in [-0.3, -0.25) is 4.79 Å². The van der Waals surface area contributed by atoms with Gasteiger partial charge in [0, 0.05) is 11.5 Å². The van der Waals surface area contributed by atoms with Gasteiger partial charge >= 0.3 is 0 Å². The van der Waals surface area contributed by atoms with Crippen molar-refractivity contribution in [2.75, 3.05) is 6.54 Å². The van der Waals surface area contributed by atoms with Gasteiger partial charge in [0.1, 0.15) is 0 Å². The van der Waals surface area contributed by atoms with Crippen molar-refractivity contribution in [3.63, 3.8) is 0 Å². The van der Waals surface area contributed by atoms with Crippen molar-refractivity contribution in [3.8, 4) is 0 Å². The number of carbonyl (C=O) groups is 1. The molecule has 0 saturated carbocycles. The van der Waals surface area contributed by atoms with Gasteiger partial charge in [0.15, 0.2) is 5.78 Å². The van der Waals surface area contributed by atoms with Crippen LogP contribution in [0.2, 0.25) is 0 Å². The maximum Gasteiger partial charge on any atom is 0.165 e. The predicted octanol–water partition coefficient (Wildman–Crippen LogP) is 2.59. The van der Waals surface area contributed by atoms with E-state index in [0.29, 0.717) is 12.5 Å². The summed E-state index contributed by atoms with van der Waals surface area (Å²) in [4.78, 5) is 11.8. The zero-order valence-electron chi connectivity index (χ0n) is 9.66. The van der Waals surface area contributed by atoms with Crippen molar-refractivity contribution >= 4 is 5.78 Å². The Morgan fingerprint density at radius 2 is 2.00 bits per heavy atom. The molecule has 2 heteroatoms. The third-order valence-corrected chi connectivity index (χ3v) is 2.62. The molecule has 0 aliphatic heterocycles. The summed E-state index contributed by atoms with van der Waals surface area (Å²) >= 11 is 0. The quantitative estimate of drug-likeness (QED) is 0.768. The highest BCUT2D eigenvalue weighted by molar-refractivity contribution is 5.97. The number of hydrogen-bond donors (Lipinski definition) is 1. The summed E-state index contributed by atoms with van der Waals surface area (Å²) in [5, 5.41) is 0. The van der Waals surface area contributed by atoms with E-state index in [1.54, 1.807) is 0 Å². The van der Waals surface area contributed by atoms with Crippen molar-refractivity contribution in [1.82, 2.24) is 0 Å². The minimum absolute atomic E-state index is 0.0495. The summed E-state index contributed by atoms with van der Waals surface area (Å²) in [6.07, 6.45) is 0. The predicted molar refractivity (Wildman–Crippen MR) is 63.1 cm³/mol. The molecule has 1 unspecified atom stereocenters. The van der Waals surface area contributed by atoms with Gasteiger partial charge in [0.05, 0.1) is 0 Å². The first kappa shape index (κ1) is 11.9. The van der Waals surface area contributed by atoms with Crippen LogP contribution in [0.15, 0.2) is 24.3 Å². The Labute approximate surface area is 91.5 Å². The molecule has 2 nitrogen and oxygen atoms in total. The molecule has 1 aromatic carbocycles. The molecule has 0 aliphatic carbocycles. The van der Waals surface area contributed by atoms with Crippen LogP contribution in [0.3, 0.4) is 0 Å². The SMILES string of the molecule is CC(C)C(=O)c1cccc(C(C)CN)c1. The molecule has 82 valence electrons. The van der Waals surface area contributed by atoms with Gasteiger partial charge in [0.25, 0.3) is 0 Å². The Morgan fingerprint density at radius 1 is 1.33 bits per heavy atom. The maximum atomic E-state index is 11.8. The summed E-state index contributed by atoms with van der Waals surface area (Å²) in [6.45, 7) is 6.51. The molecule has 0 aliphatic rings. The fourth-order valence-corrected chi connectivity index (χ4v) is 1.47. The van der Waals surface area contributed by atoms with Crippen molar-refractivity contribution in [3.05, 3.63) is 35.4 Å². The van der Waals surface area contributed by atoms with Gasteiger partial charge in [0.2, 0.25) is 0 Å². The monoisotopic (exact) mass is 205 g/mol. The van der Waals surface area contributed by atoms with E-state index >= 15 is 0 Å². The first-order valence-electron chi connectivity index (χ1n) is 5.40. The minimum atomic E-state index is 0.0495. The Balaban J connectivity index is 2.97. The molecule has 0 radical (unpaired) electrons. The van der Waals surface area contributed by atoms with E-state index in [1.165, 1.54) is 0 Å². The van der Waals surface area contributed by atoms with E-state index < -0.39 is 0 Å². The fourth-order valence-electron chi connectivity index (χ4n) is 1.47. The summed E-state index contributed by atoms with van der Waals surface area (Å²) < 4.78 is 0. The Bertz CT molecular complexity index is 344. The van der Waals surface area contributed by atoms with Crippen LogP contribution in [0.4, 0.5) is 0 Å². The molecule has 0 saturated heterocycles. The van der Waals surface area contributed by atoms with Crippen LogP contribution in [-0.2, 0) is 0 Å². The lowest BCUT2D eigenvalue weighted by Crippen LogP contribution is -2.11. The van der Waals surface area contributed by atoms with Crippen LogP contribution in [-0.4, -0.2) is 12.3 Å². The minimum Gasteiger partial charge on any atom is -0.330 e. The largest absolute Gasteiger partial charge is 0.330 e. The normalized spacial score (nSPS) is 12.9. The highest BCUT2D eigenvalue weighted by Crippen LogP contribution is 2.17. The second-order valence-corrected chi connectivity index (χ2v) is 4.28. The number of rotatable bonds is 4. The average molecular weight is 205 g/mol. The van der Waals surface area contributed by atoms with Crippen molar-refractivity contribution in [1.29, 1.82) is 0 Å². The lowest BCUT2D eigenvalue weighted by Gasteiger charge is -2.11. The highest BCUT2D eigenvalue weighted by atomic mass is 16.1. The first-order valence-corrected chi connectivity index (χ1v) is 5.40. The van der Waals surface area contributed by atoms with Gasteiger partial charge in [-0.05, 0) is 24.1 Å². The lowest BCUT2D eigenvalue weighted by molar-refractivity contribution is 0.0939. The standard InChI is InChI=1S/C13H19NO/c1-9(2)13(15)12-6-4-5-11(7-12)10(3)8-14/h4-7,9-10H,8,14H2,1-3H3. The number of carbonyl (C=O) groups excluding carboxylic acids is 1. The topological polar surface area (TPSA) is 43.1 Å². The molecule has 15 heavy (non-hydrogen) atoms.